The Morgan fingerprint density at radius 1 is 0.826 bits per heavy atom. The third-order valence-electron chi connectivity index (χ3n) is 8.36. The van der Waals surface area contributed by atoms with Gasteiger partial charge in [-0.15, -0.1) is 0 Å². The molecule has 1 N–H and O–H groups in total. The van der Waals surface area contributed by atoms with Crippen molar-refractivity contribution in [2.45, 2.75) is 69.0 Å². The molecule has 240 valence electrons. The van der Waals surface area contributed by atoms with Crippen LogP contribution < -0.4 is 9.62 Å². The molecule has 1 atom stereocenters. The van der Waals surface area contributed by atoms with Gasteiger partial charge in [0.25, 0.3) is 10.0 Å². The number of nitrogens with one attached hydrogen (secondary N) is 1. The number of nitrogens with zero attached hydrogens (tertiary/aromatic N) is 2. The number of rotatable bonds is 12. The number of benzene rings is 4. The number of aryl methyl sites for hydroxylation is 1. The molecule has 0 aromatic heterocycles. The van der Waals surface area contributed by atoms with Crippen LogP contribution in [0.5, 0.6) is 0 Å². The SMILES string of the molecule is Cc1cccc(CN(C(=O)CN(c2cccc(Br)c2)S(=O)(=O)c2ccccc2)[C@H](Cc2ccccc2)C(=O)NC2CCCCC2)c1. The predicted octanol–water partition coefficient (Wildman–Crippen LogP) is 7.04. The summed E-state index contributed by atoms with van der Waals surface area (Å²) in [6.07, 6.45) is 5.36. The van der Waals surface area contributed by atoms with Gasteiger partial charge in [0.15, 0.2) is 0 Å². The van der Waals surface area contributed by atoms with E-state index in [2.05, 4.69) is 21.2 Å². The van der Waals surface area contributed by atoms with Crippen LogP contribution in [0, 0.1) is 6.92 Å². The van der Waals surface area contributed by atoms with Crippen LogP contribution in [0.3, 0.4) is 0 Å². The van der Waals surface area contributed by atoms with Crippen LogP contribution >= 0.6 is 15.9 Å². The molecule has 7 nitrogen and oxygen atoms in total. The zero-order valence-electron chi connectivity index (χ0n) is 26.0. The van der Waals surface area contributed by atoms with Crippen LogP contribution in [0.2, 0.25) is 0 Å². The minimum Gasteiger partial charge on any atom is -0.352 e. The van der Waals surface area contributed by atoms with Gasteiger partial charge in [-0.2, -0.15) is 0 Å². The molecular weight excluding hydrogens is 662 g/mol. The Kier molecular flexibility index (Phi) is 11.3. The van der Waals surface area contributed by atoms with Crippen LogP contribution in [-0.4, -0.2) is 43.8 Å². The molecule has 0 bridgehead atoms. The summed E-state index contributed by atoms with van der Waals surface area (Å²) < 4.78 is 30.1. The molecule has 0 saturated heterocycles. The van der Waals surface area contributed by atoms with Crippen molar-refractivity contribution in [3.05, 3.63) is 130 Å². The van der Waals surface area contributed by atoms with Crippen molar-refractivity contribution in [1.82, 2.24) is 10.2 Å². The average Bonchev–Trinajstić information content (AvgIpc) is 3.06. The third-order valence-corrected chi connectivity index (χ3v) is 10.6. The van der Waals surface area contributed by atoms with Gasteiger partial charge in [0.2, 0.25) is 11.8 Å². The molecule has 1 aliphatic rings. The molecule has 9 heteroatoms. The summed E-state index contributed by atoms with van der Waals surface area (Å²) in [6.45, 7) is 1.64. The lowest BCUT2D eigenvalue weighted by atomic mass is 9.94. The van der Waals surface area contributed by atoms with Gasteiger partial charge < -0.3 is 10.2 Å². The average molecular weight is 703 g/mol. The first-order chi connectivity index (χ1) is 22.2. The van der Waals surface area contributed by atoms with Gasteiger partial charge in [0.1, 0.15) is 12.6 Å². The standard InChI is InChI=1S/C37H40BrN3O4S/c1-28-13-11-16-30(23-28)26-40(35(24-29-14-5-2-6-15-29)37(43)39-32-18-7-3-8-19-32)36(42)27-41(33-20-12-17-31(38)25-33)46(44,45)34-21-9-4-10-22-34/h2,4-6,9-17,20-23,25,32,35H,3,7-8,18-19,24,26-27H2,1H3,(H,39,43)/t35-/m1/s1. The lowest BCUT2D eigenvalue weighted by Crippen LogP contribution is -2.55. The van der Waals surface area contributed by atoms with E-state index in [1.807, 2.05) is 61.5 Å². The Morgan fingerprint density at radius 2 is 1.48 bits per heavy atom. The zero-order valence-corrected chi connectivity index (χ0v) is 28.4. The second-order valence-corrected chi connectivity index (χ2v) is 14.6. The second-order valence-electron chi connectivity index (χ2n) is 11.9. The number of hydrogen-bond donors (Lipinski definition) is 1. The maximum atomic E-state index is 14.6. The number of anilines is 1. The van der Waals surface area contributed by atoms with E-state index in [0.29, 0.717) is 16.6 Å². The fraction of sp³-hybridized carbons (Fsp3) is 0.297. The van der Waals surface area contributed by atoms with Crippen molar-refractivity contribution in [2.75, 3.05) is 10.8 Å². The van der Waals surface area contributed by atoms with Crippen molar-refractivity contribution in [2.24, 2.45) is 0 Å². The summed E-state index contributed by atoms with van der Waals surface area (Å²) >= 11 is 3.46. The van der Waals surface area contributed by atoms with Crippen molar-refractivity contribution in [3.8, 4) is 0 Å². The zero-order chi connectivity index (χ0) is 32.5. The Hall–Kier alpha value is -3.95. The van der Waals surface area contributed by atoms with Crippen molar-refractivity contribution >= 4 is 43.5 Å². The van der Waals surface area contributed by atoms with Gasteiger partial charge in [-0.3, -0.25) is 13.9 Å². The highest BCUT2D eigenvalue weighted by Crippen LogP contribution is 2.27. The van der Waals surface area contributed by atoms with Crippen LogP contribution in [0.4, 0.5) is 5.69 Å². The second kappa shape index (κ2) is 15.6. The number of carbonyl (C=O) groups excluding carboxylic acids is 2. The highest BCUT2D eigenvalue weighted by atomic mass is 79.9. The van der Waals surface area contributed by atoms with Crippen LogP contribution in [-0.2, 0) is 32.6 Å². The van der Waals surface area contributed by atoms with Gasteiger partial charge >= 0.3 is 0 Å². The minimum absolute atomic E-state index is 0.0482. The molecule has 0 spiro atoms. The molecule has 2 amide bonds. The topological polar surface area (TPSA) is 86.8 Å². The molecule has 0 aliphatic heterocycles. The summed E-state index contributed by atoms with van der Waals surface area (Å²) in [7, 11) is -4.14. The van der Waals surface area contributed by atoms with Gasteiger partial charge in [0, 0.05) is 23.5 Å². The fourth-order valence-corrected chi connectivity index (χ4v) is 7.80. The van der Waals surface area contributed by atoms with Crippen LogP contribution in [0.1, 0.15) is 48.8 Å². The van der Waals surface area contributed by atoms with Gasteiger partial charge in [-0.25, -0.2) is 8.42 Å². The number of sulfonamides is 1. The van der Waals surface area contributed by atoms with Gasteiger partial charge in [-0.1, -0.05) is 120 Å². The molecule has 1 aliphatic carbocycles. The number of amides is 2. The molecule has 1 fully saturated rings. The molecule has 1 saturated carbocycles. The van der Waals surface area contributed by atoms with Crippen LogP contribution in [0.25, 0.3) is 0 Å². The van der Waals surface area contributed by atoms with Gasteiger partial charge in [0.05, 0.1) is 10.6 Å². The highest BCUT2D eigenvalue weighted by Gasteiger charge is 2.35. The Labute approximate surface area is 280 Å². The normalized spacial score (nSPS) is 14.3. The predicted molar refractivity (Wildman–Crippen MR) is 186 cm³/mol. The first kappa shape index (κ1) is 33.4. The Balaban J connectivity index is 1.56. The lowest BCUT2D eigenvalue weighted by Gasteiger charge is -2.35. The molecule has 4 aromatic rings. The molecular formula is C37H40BrN3O4S. The summed E-state index contributed by atoms with van der Waals surface area (Å²) in [5.41, 5.74) is 3.14. The first-order valence-corrected chi connectivity index (χ1v) is 18.0. The largest absolute Gasteiger partial charge is 0.352 e. The Morgan fingerprint density at radius 3 is 2.15 bits per heavy atom. The van der Waals surface area contributed by atoms with E-state index in [1.54, 1.807) is 47.4 Å². The van der Waals surface area contributed by atoms with E-state index in [4.69, 9.17) is 0 Å². The smallest absolute Gasteiger partial charge is 0.264 e. The maximum absolute atomic E-state index is 14.6. The molecule has 0 radical (unpaired) electrons. The van der Waals surface area contributed by atoms with E-state index in [0.717, 1.165) is 53.1 Å². The monoisotopic (exact) mass is 701 g/mol. The summed E-state index contributed by atoms with van der Waals surface area (Å²) in [6, 6.07) is 31.6. The van der Waals surface area contributed by atoms with E-state index >= 15 is 0 Å². The quantitative estimate of drug-likeness (QED) is 0.172. The third kappa shape index (κ3) is 8.65. The van der Waals surface area contributed by atoms with Crippen molar-refractivity contribution in [1.29, 1.82) is 0 Å². The number of halogens is 1. The maximum Gasteiger partial charge on any atom is 0.264 e. The molecule has 0 unspecified atom stereocenters. The number of carbonyl (C=O) groups is 2. The highest BCUT2D eigenvalue weighted by molar-refractivity contribution is 9.10. The summed E-state index contributed by atoms with van der Waals surface area (Å²) in [5, 5.41) is 3.25. The minimum atomic E-state index is -4.14. The van der Waals surface area contributed by atoms with E-state index in [1.165, 1.54) is 12.1 Å². The van der Waals surface area contributed by atoms with Gasteiger partial charge in [-0.05, 0) is 61.2 Å². The summed E-state index contributed by atoms with van der Waals surface area (Å²) in [4.78, 5) is 30.5. The molecule has 5 rings (SSSR count). The van der Waals surface area contributed by atoms with Crippen LogP contribution in [0.15, 0.2) is 119 Å². The van der Waals surface area contributed by atoms with E-state index < -0.39 is 28.5 Å². The summed E-state index contributed by atoms with van der Waals surface area (Å²) in [5.74, 6) is -0.697. The molecule has 0 heterocycles. The molecule has 46 heavy (non-hydrogen) atoms. The van der Waals surface area contributed by atoms with E-state index in [9.17, 15) is 18.0 Å². The Bertz CT molecular complexity index is 1730. The fourth-order valence-electron chi connectivity index (χ4n) is 5.99. The first-order valence-electron chi connectivity index (χ1n) is 15.7. The lowest BCUT2D eigenvalue weighted by molar-refractivity contribution is -0.140. The number of hydrogen-bond acceptors (Lipinski definition) is 4. The van der Waals surface area contributed by atoms with Crippen molar-refractivity contribution < 1.29 is 18.0 Å². The van der Waals surface area contributed by atoms with E-state index in [-0.39, 0.29) is 23.4 Å². The van der Waals surface area contributed by atoms with Crippen molar-refractivity contribution in [3.63, 3.8) is 0 Å². The molecule has 4 aromatic carbocycles.